The Hall–Kier alpha value is -6.62. The quantitative estimate of drug-likeness (QED) is 0.0314. The Morgan fingerprint density at radius 3 is 0.830 bits per heavy atom. The Morgan fingerprint density at radius 1 is 0.426 bits per heavy atom. The molecule has 0 aromatic heterocycles. The van der Waals surface area contributed by atoms with Crippen molar-refractivity contribution < 1.29 is 67.7 Å². The molecule has 0 aromatic carbocycles. The molecule has 47 heavy (non-hydrogen) atoms. The molecule has 0 unspecified atom stereocenters. The van der Waals surface area contributed by atoms with Crippen molar-refractivity contribution in [3.8, 4) is 0 Å². The van der Waals surface area contributed by atoms with E-state index in [1.165, 1.54) is 0 Å². The number of halogens is 2. The second kappa shape index (κ2) is 14.9. The van der Waals surface area contributed by atoms with Gasteiger partial charge in [0.2, 0.25) is 13.1 Å². The number of rotatable bonds is 24. The first-order valence-electron chi connectivity index (χ1n) is 10.8. The molecule has 0 fully saturated rings. The van der Waals surface area contributed by atoms with Crippen LogP contribution in [0.15, 0.2) is 0 Å². The van der Waals surface area contributed by atoms with Crippen LogP contribution in [0.5, 0.6) is 0 Å². The lowest BCUT2D eigenvalue weighted by atomic mass is 10.2. The average Bonchev–Trinajstić information content (AvgIpc) is 2.92. The Labute approximate surface area is 249 Å². The van der Waals surface area contributed by atoms with Gasteiger partial charge in [-0.05, 0) is 0 Å². The predicted molar refractivity (Wildman–Crippen MR) is 123 cm³/mol. The molecule has 0 amide bonds. The first-order chi connectivity index (χ1) is 21.3. The van der Waals surface area contributed by atoms with Crippen molar-refractivity contribution in [1.82, 2.24) is 10.0 Å². The number of ether oxygens (including phenoxy) is 2. The van der Waals surface area contributed by atoms with Gasteiger partial charge in [-0.25, -0.2) is 20.2 Å². The van der Waals surface area contributed by atoms with Crippen molar-refractivity contribution in [2.75, 3.05) is 46.2 Å². The van der Waals surface area contributed by atoms with E-state index in [1.54, 1.807) is 0 Å². The van der Waals surface area contributed by atoms with Gasteiger partial charge in [-0.3, -0.25) is 80.9 Å². The predicted octanol–water partition coefficient (Wildman–Crippen LogP) is -3.18. The highest BCUT2D eigenvalue weighted by Crippen LogP contribution is 2.22. The minimum absolute atomic E-state index is 1.03. The lowest BCUT2D eigenvalue weighted by Gasteiger charge is -2.22. The summed E-state index contributed by atoms with van der Waals surface area (Å²) < 4.78 is 37.0. The molecular weight excluding hydrogens is 690 g/mol. The molecule has 0 atom stereocenters. The van der Waals surface area contributed by atoms with E-state index in [1.807, 2.05) is 0 Å². The second-order valence-corrected chi connectivity index (χ2v) is 8.40. The highest BCUT2D eigenvalue weighted by atomic mass is 19.2. The Morgan fingerprint density at radius 2 is 0.660 bits per heavy atom. The minimum atomic E-state index is -4.96. The van der Waals surface area contributed by atoms with Crippen molar-refractivity contribution in [3.05, 3.63) is 101 Å². The normalized spacial score (nSPS) is 12.0. The number of alkyl halides is 2. The zero-order valence-electron chi connectivity index (χ0n) is 22.1. The standard InChI is InChI=1S/C11H14F2N12O22/c12-10(20(34)35,21(36)37)3-14(24(42)43)1-8(16(26)27,17(28)29)5-46-7-47-6-9(18(30)31,19(32)33)2-15(25(44)45)4-11(13,22(38)39)23(40)41/h1-7H2. The lowest BCUT2D eigenvalue weighted by molar-refractivity contribution is -0.848. The van der Waals surface area contributed by atoms with Gasteiger partial charge in [-0.15, -0.1) is 0 Å². The molecule has 264 valence electrons. The maximum Gasteiger partial charge on any atom is 0.637 e. The van der Waals surface area contributed by atoms with Gasteiger partial charge in [0.1, 0.15) is 46.2 Å². The molecule has 0 saturated carbocycles. The Bertz CT molecular complexity index is 1190. The van der Waals surface area contributed by atoms with Crippen LogP contribution in [0.2, 0.25) is 0 Å². The lowest BCUT2D eigenvalue weighted by Crippen LogP contribution is -2.62. The molecule has 36 heteroatoms. The van der Waals surface area contributed by atoms with Gasteiger partial charge in [0, 0.05) is 0 Å². The molecular formula is C11H14F2N12O22. The van der Waals surface area contributed by atoms with Crippen LogP contribution in [0.25, 0.3) is 0 Å². The van der Waals surface area contributed by atoms with Crippen molar-refractivity contribution in [3.63, 3.8) is 0 Å². The third-order valence-electron chi connectivity index (χ3n) is 5.41. The SMILES string of the molecule is O=[N+]([O-])N(CC(F)([N+](=O)[O-])[N+](=O)[O-])CC(COCOCC(CN(CC(F)([N+](=O)[O-])[N+](=O)[O-])[N+](=O)[O-])([N+](=O)[O-])[N+](=O)[O-])([N+](=O)[O-])[N+](=O)[O-]. The van der Waals surface area contributed by atoms with E-state index in [0.29, 0.717) is 0 Å². The van der Waals surface area contributed by atoms with E-state index in [-0.39, 0.29) is 0 Å². The van der Waals surface area contributed by atoms with Crippen LogP contribution in [0.4, 0.5) is 8.78 Å². The fraction of sp³-hybridized carbons (Fsp3) is 1.00. The number of nitrogens with zero attached hydrogens (tertiary/aromatic N) is 12. The molecule has 0 N–H and O–H groups in total. The summed E-state index contributed by atoms with van der Waals surface area (Å²) in [6.45, 7) is -15.8. The van der Waals surface area contributed by atoms with Crippen LogP contribution >= 0.6 is 0 Å². The van der Waals surface area contributed by atoms with E-state index in [4.69, 9.17) is 0 Å². The largest absolute Gasteiger partial charge is 0.637 e. The first-order valence-corrected chi connectivity index (χ1v) is 10.8. The van der Waals surface area contributed by atoms with Crippen LogP contribution in [-0.2, 0) is 9.47 Å². The molecule has 0 rings (SSSR count). The first kappa shape index (κ1) is 40.4. The summed E-state index contributed by atoms with van der Waals surface area (Å²) in [4.78, 5) is 94.1. The summed E-state index contributed by atoms with van der Waals surface area (Å²) in [5.74, 6) is -9.91. The molecule has 0 aliphatic heterocycles. The molecule has 0 spiro atoms. The molecule has 0 heterocycles. The third-order valence-corrected chi connectivity index (χ3v) is 5.41. The van der Waals surface area contributed by atoms with E-state index in [0.717, 1.165) is 0 Å². The summed E-state index contributed by atoms with van der Waals surface area (Å²) in [5.41, 5.74) is -8.18. The summed E-state index contributed by atoms with van der Waals surface area (Å²) in [7, 11) is 0. The molecule has 0 bridgehead atoms. The number of hydrazine groups is 2. The van der Waals surface area contributed by atoms with Crippen molar-refractivity contribution in [1.29, 1.82) is 0 Å². The number of hydrogen-bond acceptors (Lipinski definition) is 22. The van der Waals surface area contributed by atoms with E-state index >= 15 is 0 Å². The van der Waals surface area contributed by atoms with Gasteiger partial charge in [0.05, 0.1) is 0 Å². The van der Waals surface area contributed by atoms with Crippen LogP contribution < -0.4 is 0 Å². The minimum Gasteiger partial charge on any atom is -0.340 e. The van der Waals surface area contributed by atoms with Crippen molar-refractivity contribution in [2.45, 2.75) is 23.2 Å². The van der Waals surface area contributed by atoms with Gasteiger partial charge in [-0.2, -0.15) is 0 Å². The highest BCUT2D eigenvalue weighted by molar-refractivity contribution is 4.74. The van der Waals surface area contributed by atoms with Gasteiger partial charge in [-0.1, -0.05) is 18.8 Å². The topological polar surface area (TPSA) is 456 Å². The molecule has 34 nitrogen and oxygen atoms in total. The Kier molecular flexibility index (Phi) is 12.8. The highest BCUT2D eigenvalue weighted by Gasteiger charge is 2.68. The van der Waals surface area contributed by atoms with Gasteiger partial charge in [0.25, 0.3) is 13.1 Å². The van der Waals surface area contributed by atoms with E-state index < -0.39 is 129 Å². The van der Waals surface area contributed by atoms with Gasteiger partial charge in [0.15, 0.2) is 23.3 Å². The number of hydrogen-bond donors (Lipinski definition) is 0. The Balaban J connectivity index is 6.22. The fourth-order valence-electron chi connectivity index (χ4n) is 2.89. The zero-order chi connectivity index (χ0) is 37.3. The number of nitro groups is 10. The third kappa shape index (κ3) is 8.73. The second-order valence-electron chi connectivity index (χ2n) is 8.40. The van der Waals surface area contributed by atoms with Gasteiger partial charge < -0.3 is 9.47 Å². The molecule has 0 aliphatic rings. The van der Waals surface area contributed by atoms with Crippen LogP contribution in [-0.4, -0.2) is 129 Å². The molecule has 0 aliphatic carbocycles. The van der Waals surface area contributed by atoms with Crippen molar-refractivity contribution in [2.24, 2.45) is 0 Å². The summed E-state index contributed by atoms with van der Waals surface area (Å²) in [6, 6.07) is 0. The summed E-state index contributed by atoms with van der Waals surface area (Å²) in [6.07, 6.45) is 0. The van der Waals surface area contributed by atoms with E-state index in [2.05, 4.69) is 9.47 Å². The summed E-state index contributed by atoms with van der Waals surface area (Å²) >= 11 is 0. The van der Waals surface area contributed by atoms with Crippen LogP contribution in [0, 0.1) is 101 Å². The van der Waals surface area contributed by atoms with Crippen LogP contribution in [0.1, 0.15) is 0 Å². The molecule has 0 saturated heterocycles. The van der Waals surface area contributed by atoms with Crippen LogP contribution in [0.3, 0.4) is 0 Å². The smallest absolute Gasteiger partial charge is 0.340 e. The monoisotopic (exact) mass is 704 g/mol. The van der Waals surface area contributed by atoms with E-state index in [9.17, 15) is 110 Å². The molecule has 0 radical (unpaired) electrons. The zero-order valence-corrected chi connectivity index (χ0v) is 22.1. The summed E-state index contributed by atoms with van der Waals surface area (Å²) in [5, 5.41) is 105. The fourth-order valence-corrected chi connectivity index (χ4v) is 2.89. The van der Waals surface area contributed by atoms with Gasteiger partial charge >= 0.3 is 23.2 Å². The van der Waals surface area contributed by atoms with Crippen molar-refractivity contribution >= 4 is 0 Å². The maximum absolute atomic E-state index is 14.2. The maximum atomic E-state index is 14.2. The molecule has 0 aromatic rings. The average molecular weight is 704 g/mol.